The number of nitrogens with two attached hydrogens (primary N) is 1. The van der Waals surface area contributed by atoms with E-state index in [1.54, 1.807) is 0 Å². The number of amides is 1. The number of carbonyl (C=O) groups is 2. The summed E-state index contributed by atoms with van der Waals surface area (Å²) in [6.45, 7) is 4.77. The molecule has 0 rings (SSSR count). The van der Waals surface area contributed by atoms with E-state index in [4.69, 9.17) is 15.9 Å². The van der Waals surface area contributed by atoms with Crippen molar-refractivity contribution in [2.24, 2.45) is 17.6 Å². The average molecular weight is 260 g/mol. The Balaban J connectivity index is 3.85. The molecule has 1 unspecified atom stereocenters. The number of carboxylic acids is 1. The first-order chi connectivity index (χ1) is 8.36. The Bertz CT molecular complexity index is 269. The van der Waals surface area contributed by atoms with Gasteiger partial charge < -0.3 is 21.3 Å². The highest BCUT2D eigenvalue weighted by atomic mass is 16.4. The molecule has 0 aromatic heterocycles. The summed E-state index contributed by atoms with van der Waals surface area (Å²) in [5.41, 5.74) is 5.59. The van der Waals surface area contributed by atoms with Gasteiger partial charge in [-0.2, -0.15) is 0 Å². The zero-order valence-electron chi connectivity index (χ0n) is 11.1. The molecule has 0 heterocycles. The molecule has 106 valence electrons. The van der Waals surface area contributed by atoms with Gasteiger partial charge >= 0.3 is 5.97 Å². The van der Waals surface area contributed by atoms with E-state index in [0.717, 1.165) is 6.42 Å². The molecule has 0 bridgehead atoms. The van der Waals surface area contributed by atoms with E-state index in [0.29, 0.717) is 18.9 Å². The lowest BCUT2D eigenvalue weighted by atomic mass is 9.94. The van der Waals surface area contributed by atoms with Crippen LogP contribution in [-0.2, 0) is 9.59 Å². The Morgan fingerprint density at radius 3 is 2.39 bits per heavy atom. The minimum atomic E-state index is -1.42. The van der Waals surface area contributed by atoms with E-state index >= 15 is 0 Å². The van der Waals surface area contributed by atoms with Crippen molar-refractivity contribution < 1.29 is 19.8 Å². The van der Waals surface area contributed by atoms with Gasteiger partial charge in [-0.1, -0.05) is 13.8 Å². The van der Waals surface area contributed by atoms with Crippen LogP contribution in [0.2, 0.25) is 0 Å². The number of hydrogen-bond donors (Lipinski definition) is 4. The average Bonchev–Trinajstić information content (AvgIpc) is 2.27. The second-order valence-electron chi connectivity index (χ2n) is 4.93. The quantitative estimate of drug-likeness (QED) is 0.464. The van der Waals surface area contributed by atoms with Gasteiger partial charge in [-0.05, 0) is 24.8 Å². The maximum atomic E-state index is 11.5. The van der Waals surface area contributed by atoms with Crippen molar-refractivity contribution in [1.29, 1.82) is 0 Å². The van der Waals surface area contributed by atoms with Gasteiger partial charge in [-0.25, -0.2) is 4.79 Å². The maximum absolute atomic E-state index is 11.5. The highest BCUT2D eigenvalue weighted by Crippen LogP contribution is 2.13. The lowest BCUT2D eigenvalue weighted by molar-refractivity contribution is -0.147. The monoisotopic (exact) mass is 260 g/mol. The van der Waals surface area contributed by atoms with Crippen LogP contribution in [0.1, 0.15) is 33.1 Å². The first kappa shape index (κ1) is 16.9. The molecule has 0 aliphatic rings. The third-order valence-electron chi connectivity index (χ3n) is 2.64. The van der Waals surface area contributed by atoms with Crippen LogP contribution in [0, 0.1) is 11.8 Å². The first-order valence-corrected chi connectivity index (χ1v) is 6.24. The SMILES string of the molecule is CC(C)CC(CN)CC(=O)NCC[C@H](O)C(=O)O. The van der Waals surface area contributed by atoms with Gasteiger partial charge in [0.1, 0.15) is 0 Å². The smallest absolute Gasteiger partial charge is 0.332 e. The lowest BCUT2D eigenvalue weighted by Crippen LogP contribution is -2.32. The molecule has 0 saturated heterocycles. The number of aliphatic hydroxyl groups is 1. The second-order valence-corrected chi connectivity index (χ2v) is 4.93. The van der Waals surface area contributed by atoms with Crippen molar-refractivity contribution in [3.05, 3.63) is 0 Å². The van der Waals surface area contributed by atoms with Gasteiger partial charge in [0.05, 0.1) is 0 Å². The van der Waals surface area contributed by atoms with Gasteiger partial charge in [-0.15, -0.1) is 0 Å². The van der Waals surface area contributed by atoms with E-state index in [1.165, 1.54) is 0 Å². The number of aliphatic carboxylic acids is 1. The Hall–Kier alpha value is -1.14. The second kappa shape index (κ2) is 8.88. The number of hydrogen-bond acceptors (Lipinski definition) is 4. The fourth-order valence-electron chi connectivity index (χ4n) is 1.74. The van der Waals surface area contributed by atoms with Crippen LogP contribution in [0.3, 0.4) is 0 Å². The predicted molar refractivity (Wildman–Crippen MR) is 67.9 cm³/mol. The summed E-state index contributed by atoms with van der Waals surface area (Å²) in [6.07, 6.45) is -0.177. The van der Waals surface area contributed by atoms with Crippen molar-refractivity contribution in [3.8, 4) is 0 Å². The molecule has 0 saturated carbocycles. The van der Waals surface area contributed by atoms with Gasteiger partial charge in [0.2, 0.25) is 5.91 Å². The van der Waals surface area contributed by atoms with E-state index in [2.05, 4.69) is 19.2 Å². The summed E-state index contributed by atoms with van der Waals surface area (Å²) in [7, 11) is 0. The lowest BCUT2D eigenvalue weighted by Gasteiger charge is -2.16. The van der Waals surface area contributed by atoms with Gasteiger partial charge in [0.25, 0.3) is 0 Å². The number of nitrogens with one attached hydrogen (secondary N) is 1. The zero-order valence-corrected chi connectivity index (χ0v) is 11.1. The van der Waals surface area contributed by atoms with Crippen molar-refractivity contribution in [2.45, 2.75) is 39.2 Å². The molecular weight excluding hydrogens is 236 g/mol. The number of carbonyl (C=O) groups excluding carboxylic acids is 1. The summed E-state index contributed by atoms with van der Waals surface area (Å²) in [5.74, 6) is -0.790. The largest absolute Gasteiger partial charge is 0.479 e. The molecule has 5 N–H and O–H groups in total. The molecule has 1 amide bonds. The molecule has 0 radical (unpaired) electrons. The molecule has 0 aliphatic carbocycles. The van der Waals surface area contributed by atoms with E-state index in [-0.39, 0.29) is 24.8 Å². The van der Waals surface area contributed by atoms with Crippen LogP contribution >= 0.6 is 0 Å². The molecule has 0 spiro atoms. The zero-order chi connectivity index (χ0) is 14.1. The first-order valence-electron chi connectivity index (χ1n) is 6.24. The van der Waals surface area contributed by atoms with E-state index in [1.807, 2.05) is 0 Å². The Kier molecular flexibility index (Phi) is 8.32. The van der Waals surface area contributed by atoms with Crippen molar-refractivity contribution >= 4 is 11.9 Å². The molecule has 6 heteroatoms. The van der Waals surface area contributed by atoms with Gasteiger partial charge in [-0.3, -0.25) is 4.79 Å². The van der Waals surface area contributed by atoms with Crippen molar-refractivity contribution in [3.63, 3.8) is 0 Å². The molecule has 0 fully saturated rings. The number of aliphatic hydroxyl groups excluding tert-OH is 1. The number of carboxylic acid groups (broad SMARTS) is 1. The third kappa shape index (κ3) is 8.03. The summed E-state index contributed by atoms with van der Waals surface area (Å²) >= 11 is 0. The molecular formula is C12H24N2O4. The number of rotatable bonds is 9. The normalized spacial score (nSPS) is 14.3. The molecule has 0 aromatic rings. The van der Waals surface area contributed by atoms with Gasteiger partial charge in [0.15, 0.2) is 6.10 Å². The molecule has 18 heavy (non-hydrogen) atoms. The summed E-state index contributed by atoms with van der Waals surface area (Å²) in [6, 6.07) is 0. The molecule has 0 aliphatic heterocycles. The predicted octanol–water partition coefficient (Wildman–Crippen LogP) is -0.0507. The maximum Gasteiger partial charge on any atom is 0.332 e. The molecule has 6 nitrogen and oxygen atoms in total. The molecule has 2 atom stereocenters. The Morgan fingerprint density at radius 2 is 1.94 bits per heavy atom. The van der Waals surface area contributed by atoms with Crippen LogP contribution in [0.25, 0.3) is 0 Å². The van der Waals surface area contributed by atoms with Crippen molar-refractivity contribution in [2.75, 3.05) is 13.1 Å². The highest BCUT2D eigenvalue weighted by Gasteiger charge is 2.15. The summed E-state index contributed by atoms with van der Waals surface area (Å²) < 4.78 is 0. The van der Waals surface area contributed by atoms with Crippen LogP contribution in [-0.4, -0.2) is 41.3 Å². The van der Waals surface area contributed by atoms with Crippen LogP contribution in [0.5, 0.6) is 0 Å². The molecule has 0 aromatic carbocycles. The highest BCUT2D eigenvalue weighted by molar-refractivity contribution is 5.76. The fourth-order valence-corrected chi connectivity index (χ4v) is 1.74. The van der Waals surface area contributed by atoms with Crippen molar-refractivity contribution in [1.82, 2.24) is 5.32 Å². The summed E-state index contributed by atoms with van der Waals surface area (Å²) in [5, 5.41) is 20.1. The van der Waals surface area contributed by atoms with E-state index in [9.17, 15) is 9.59 Å². The minimum absolute atomic E-state index is 0.0124. The Labute approximate surface area is 108 Å². The topological polar surface area (TPSA) is 113 Å². The van der Waals surface area contributed by atoms with Crippen LogP contribution in [0.15, 0.2) is 0 Å². The third-order valence-corrected chi connectivity index (χ3v) is 2.64. The Morgan fingerprint density at radius 1 is 1.33 bits per heavy atom. The van der Waals surface area contributed by atoms with Crippen LogP contribution in [0.4, 0.5) is 0 Å². The van der Waals surface area contributed by atoms with Crippen LogP contribution < -0.4 is 11.1 Å². The van der Waals surface area contributed by atoms with E-state index < -0.39 is 12.1 Å². The fraction of sp³-hybridized carbons (Fsp3) is 0.833. The van der Waals surface area contributed by atoms with Gasteiger partial charge in [0, 0.05) is 19.4 Å². The summed E-state index contributed by atoms with van der Waals surface area (Å²) in [4.78, 5) is 21.9. The standard InChI is InChI=1S/C12H24N2O4/c1-8(2)5-9(7-13)6-11(16)14-4-3-10(15)12(17)18/h8-10,15H,3-7,13H2,1-2H3,(H,14,16)(H,17,18)/t9?,10-/m0/s1. The minimum Gasteiger partial charge on any atom is -0.479 e.